The molecule has 1 heterocycles. The van der Waals surface area contributed by atoms with Crippen molar-refractivity contribution in [2.75, 3.05) is 5.32 Å². The molecule has 20 heavy (non-hydrogen) atoms. The van der Waals surface area contributed by atoms with E-state index in [4.69, 9.17) is 4.42 Å². The summed E-state index contributed by atoms with van der Waals surface area (Å²) in [7, 11) is 0. The summed E-state index contributed by atoms with van der Waals surface area (Å²) in [5.41, 5.74) is 2.49. The van der Waals surface area contributed by atoms with Crippen molar-refractivity contribution < 1.29 is 9.34 Å². The fourth-order valence-electron chi connectivity index (χ4n) is 2.31. The van der Waals surface area contributed by atoms with Crippen LogP contribution in [0.4, 0.5) is 11.4 Å². The monoisotopic (exact) mass is 274 g/mol. The first-order chi connectivity index (χ1) is 9.38. The maximum Gasteiger partial charge on any atom is 0.292 e. The van der Waals surface area contributed by atoms with Gasteiger partial charge in [-0.1, -0.05) is 6.07 Å². The van der Waals surface area contributed by atoms with Crippen molar-refractivity contribution in [3.05, 3.63) is 57.0 Å². The second kappa shape index (κ2) is 5.36. The zero-order chi connectivity index (χ0) is 14.9. The van der Waals surface area contributed by atoms with Gasteiger partial charge in [-0.3, -0.25) is 10.1 Å². The number of furan rings is 1. The smallest absolute Gasteiger partial charge is 0.292 e. The number of anilines is 1. The highest BCUT2D eigenvalue weighted by Gasteiger charge is 2.18. The van der Waals surface area contributed by atoms with Crippen molar-refractivity contribution in [1.29, 1.82) is 0 Å². The quantitative estimate of drug-likeness (QED) is 0.667. The molecule has 0 amide bonds. The van der Waals surface area contributed by atoms with Crippen LogP contribution in [0.1, 0.15) is 35.6 Å². The van der Waals surface area contributed by atoms with Crippen molar-refractivity contribution in [2.45, 2.75) is 33.7 Å². The fourth-order valence-corrected chi connectivity index (χ4v) is 2.31. The Morgan fingerprint density at radius 1 is 1.25 bits per heavy atom. The highest BCUT2D eigenvalue weighted by Crippen LogP contribution is 2.30. The van der Waals surface area contributed by atoms with Crippen LogP contribution in [0.2, 0.25) is 0 Å². The number of benzene rings is 1. The molecule has 0 saturated heterocycles. The normalized spacial score (nSPS) is 12.2. The van der Waals surface area contributed by atoms with E-state index in [1.807, 2.05) is 39.8 Å². The predicted molar refractivity (Wildman–Crippen MR) is 78.1 cm³/mol. The Kier molecular flexibility index (Phi) is 3.79. The lowest BCUT2D eigenvalue weighted by atomic mass is 10.1. The van der Waals surface area contributed by atoms with Gasteiger partial charge in [0.1, 0.15) is 17.2 Å². The van der Waals surface area contributed by atoms with Crippen LogP contribution < -0.4 is 5.32 Å². The van der Waals surface area contributed by atoms with Gasteiger partial charge in [0, 0.05) is 11.6 Å². The highest BCUT2D eigenvalue weighted by atomic mass is 16.6. The summed E-state index contributed by atoms with van der Waals surface area (Å²) in [4.78, 5) is 10.7. The first-order valence-corrected chi connectivity index (χ1v) is 6.47. The van der Waals surface area contributed by atoms with E-state index in [-0.39, 0.29) is 16.7 Å². The second-order valence-corrected chi connectivity index (χ2v) is 5.01. The van der Waals surface area contributed by atoms with Gasteiger partial charge in [0.15, 0.2) is 0 Å². The summed E-state index contributed by atoms with van der Waals surface area (Å²) in [5.74, 6) is 1.67. The van der Waals surface area contributed by atoms with Gasteiger partial charge < -0.3 is 9.73 Å². The molecule has 0 aliphatic carbocycles. The third kappa shape index (κ3) is 2.82. The van der Waals surface area contributed by atoms with Crippen molar-refractivity contribution in [2.24, 2.45) is 0 Å². The van der Waals surface area contributed by atoms with Crippen LogP contribution in [0.15, 0.2) is 28.7 Å². The lowest BCUT2D eigenvalue weighted by Crippen LogP contribution is -2.08. The molecule has 2 aromatic rings. The number of aryl methyl sites for hydroxylation is 3. The van der Waals surface area contributed by atoms with Crippen LogP contribution in [0, 0.1) is 30.9 Å². The molecule has 2 rings (SSSR count). The van der Waals surface area contributed by atoms with E-state index in [9.17, 15) is 10.1 Å². The van der Waals surface area contributed by atoms with Crippen LogP contribution in [0.3, 0.4) is 0 Å². The summed E-state index contributed by atoms with van der Waals surface area (Å²) in [6, 6.07) is 7.06. The first kappa shape index (κ1) is 14.1. The van der Waals surface area contributed by atoms with Crippen molar-refractivity contribution >= 4 is 11.4 Å². The van der Waals surface area contributed by atoms with E-state index in [1.54, 1.807) is 12.1 Å². The number of nitrogens with zero attached hydrogens (tertiary/aromatic N) is 1. The van der Waals surface area contributed by atoms with Crippen LogP contribution in [0.5, 0.6) is 0 Å². The largest absolute Gasteiger partial charge is 0.466 e. The number of nitro groups is 1. The Labute approximate surface area is 117 Å². The van der Waals surface area contributed by atoms with E-state index in [2.05, 4.69) is 5.32 Å². The minimum absolute atomic E-state index is 0.0612. The molecule has 0 aliphatic heterocycles. The molecule has 0 fully saturated rings. The van der Waals surface area contributed by atoms with Gasteiger partial charge in [0.25, 0.3) is 5.69 Å². The maximum atomic E-state index is 11.1. The van der Waals surface area contributed by atoms with Crippen LogP contribution in [-0.2, 0) is 0 Å². The summed E-state index contributed by atoms with van der Waals surface area (Å²) in [6.07, 6.45) is 0. The van der Waals surface area contributed by atoms with E-state index in [1.165, 1.54) is 0 Å². The second-order valence-electron chi connectivity index (χ2n) is 5.01. The average molecular weight is 274 g/mol. The van der Waals surface area contributed by atoms with Crippen molar-refractivity contribution in [3.63, 3.8) is 0 Å². The van der Waals surface area contributed by atoms with Gasteiger partial charge >= 0.3 is 0 Å². The van der Waals surface area contributed by atoms with Gasteiger partial charge in [-0.25, -0.2) is 0 Å². The fraction of sp³-hybridized carbons (Fsp3) is 0.333. The molecule has 1 unspecified atom stereocenters. The van der Waals surface area contributed by atoms with E-state index in [0.717, 1.165) is 22.6 Å². The number of hydrogen-bond donors (Lipinski definition) is 1. The molecule has 1 aromatic carbocycles. The number of nitro benzene ring substituents is 1. The van der Waals surface area contributed by atoms with Gasteiger partial charge in [0.05, 0.1) is 11.0 Å². The zero-order valence-electron chi connectivity index (χ0n) is 12.1. The molecular formula is C15H18N2O3. The molecule has 0 radical (unpaired) electrons. The van der Waals surface area contributed by atoms with Gasteiger partial charge in [-0.05, 0) is 45.4 Å². The third-order valence-corrected chi connectivity index (χ3v) is 3.27. The molecule has 5 nitrogen and oxygen atoms in total. The molecule has 106 valence electrons. The Hall–Kier alpha value is -2.30. The summed E-state index contributed by atoms with van der Waals surface area (Å²) in [5, 5.41) is 14.3. The number of rotatable bonds is 4. The Morgan fingerprint density at radius 3 is 2.50 bits per heavy atom. The third-order valence-electron chi connectivity index (χ3n) is 3.27. The van der Waals surface area contributed by atoms with Gasteiger partial charge in [0.2, 0.25) is 0 Å². The molecule has 0 saturated carbocycles. The predicted octanol–water partition coefficient (Wildman–Crippen LogP) is 4.29. The Bertz CT molecular complexity index is 647. The standard InChI is InChI=1S/C15H18N2O3/c1-9-5-6-14(15(7-9)17(18)19)16-11(3)13-8-10(2)20-12(13)4/h5-8,11,16H,1-4H3. The molecular weight excluding hydrogens is 256 g/mol. The topological polar surface area (TPSA) is 68.3 Å². The van der Waals surface area contributed by atoms with Crippen LogP contribution in [-0.4, -0.2) is 4.92 Å². The Balaban J connectivity index is 2.30. The van der Waals surface area contributed by atoms with Crippen LogP contribution in [0.25, 0.3) is 0 Å². The molecule has 1 aromatic heterocycles. The first-order valence-electron chi connectivity index (χ1n) is 6.47. The minimum Gasteiger partial charge on any atom is -0.466 e. The van der Waals surface area contributed by atoms with E-state index >= 15 is 0 Å². The summed E-state index contributed by atoms with van der Waals surface area (Å²) >= 11 is 0. The summed E-state index contributed by atoms with van der Waals surface area (Å²) in [6.45, 7) is 7.58. The maximum absolute atomic E-state index is 11.1. The molecule has 5 heteroatoms. The lowest BCUT2D eigenvalue weighted by Gasteiger charge is -2.15. The zero-order valence-corrected chi connectivity index (χ0v) is 12.1. The number of nitrogens with one attached hydrogen (secondary N) is 1. The molecule has 0 bridgehead atoms. The average Bonchev–Trinajstić information content (AvgIpc) is 2.70. The number of hydrogen-bond acceptors (Lipinski definition) is 4. The van der Waals surface area contributed by atoms with Gasteiger partial charge in [-0.15, -0.1) is 0 Å². The van der Waals surface area contributed by atoms with E-state index < -0.39 is 0 Å². The summed E-state index contributed by atoms with van der Waals surface area (Å²) < 4.78 is 5.50. The van der Waals surface area contributed by atoms with Gasteiger partial charge in [-0.2, -0.15) is 0 Å². The molecule has 0 aliphatic rings. The van der Waals surface area contributed by atoms with Crippen LogP contribution >= 0.6 is 0 Å². The van der Waals surface area contributed by atoms with Crippen molar-refractivity contribution in [1.82, 2.24) is 0 Å². The Morgan fingerprint density at radius 2 is 1.95 bits per heavy atom. The minimum atomic E-state index is -0.366. The molecule has 0 spiro atoms. The van der Waals surface area contributed by atoms with E-state index in [0.29, 0.717) is 5.69 Å². The SMILES string of the molecule is Cc1ccc(NC(C)c2cc(C)oc2C)c([N+](=O)[O-])c1. The molecule has 1 atom stereocenters. The van der Waals surface area contributed by atoms with Crippen molar-refractivity contribution in [3.8, 4) is 0 Å². The lowest BCUT2D eigenvalue weighted by molar-refractivity contribution is -0.384. The molecule has 1 N–H and O–H groups in total. The highest BCUT2D eigenvalue weighted by molar-refractivity contribution is 5.63.